The highest BCUT2D eigenvalue weighted by Gasteiger charge is 2.09. The van der Waals surface area contributed by atoms with Gasteiger partial charge in [0.25, 0.3) is 0 Å². The first kappa shape index (κ1) is 15.5. The third-order valence-electron chi connectivity index (χ3n) is 2.40. The molecule has 5 nitrogen and oxygen atoms in total. The standard InChI is InChI=1S/C13H17ClN2O3/c14-12-4-2-1-3-11(12)5-6-15-13(19)16(7-9-17)8-10-18/h1-6,17-18H,7-10H2,(H,15,19)/b6-5+. The van der Waals surface area contributed by atoms with Crippen molar-refractivity contribution in [3.63, 3.8) is 0 Å². The second-order valence-electron chi connectivity index (χ2n) is 3.74. The normalized spacial score (nSPS) is 10.7. The SMILES string of the molecule is O=C(N/C=C/c1ccccc1Cl)N(CCO)CCO. The van der Waals surface area contributed by atoms with E-state index < -0.39 is 0 Å². The van der Waals surface area contributed by atoms with E-state index in [0.717, 1.165) is 5.56 Å². The zero-order valence-electron chi connectivity index (χ0n) is 10.4. The van der Waals surface area contributed by atoms with Crippen molar-refractivity contribution in [2.24, 2.45) is 0 Å². The zero-order valence-corrected chi connectivity index (χ0v) is 11.2. The molecule has 0 saturated heterocycles. The van der Waals surface area contributed by atoms with E-state index in [4.69, 9.17) is 21.8 Å². The van der Waals surface area contributed by atoms with E-state index >= 15 is 0 Å². The number of aliphatic hydroxyl groups excluding tert-OH is 2. The van der Waals surface area contributed by atoms with E-state index in [1.807, 2.05) is 18.2 Å². The van der Waals surface area contributed by atoms with Crippen LogP contribution < -0.4 is 5.32 Å². The van der Waals surface area contributed by atoms with Crippen LogP contribution in [0.3, 0.4) is 0 Å². The minimum absolute atomic E-state index is 0.151. The molecular formula is C13H17ClN2O3. The number of benzene rings is 1. The molecule has 0 saturated carbocycles. The summed E-state index contributed by atoms with van der Waals surface area (Å²) in [5, 5.41) is 20.8. The Bertz CT molecular complexity index is 432. The summed E-state index contributed by atoms with van der Waals surface area (Å²) in [5.41, 5.74) is 0.792. The number of carbonyl (C=O) groups is 1. The Morgan fingerprint density at radius 1 is 1.26 bits per heavy atom. The molecule has 1 aromatic carbocycles. The number of aliphatic hydroxyl groups is 2. The predicted octanol–water partition coefficient (Wildman–Crippen LogP) is 1.31. The molecular weight excluding hydrogens is 268 g/mol. The maximum atomic E-state index is 11.7. The second kappa shape index (κ2) is 8.53. The fraction of sp³-hybridized carbons (Fsp3) is 0.308. The topological polar surface area (TPSA) is 72.8 Å². The Balaban J connectivity index is 2.55. The van der Waals surface area contributed by atoms with Gasteiger partial charge in [-0.05, 0) is 17.7 Å². The molecule has 1 aromatic rings. The molecule has 0 aliphatic heterocycles. The lowest BCUT2D eigenvalue weighted by molar-refractivity contribution is 0.161. The van der Waals surface area contributed by atoms with Crippen molar-refractivity contribution in [2.75, 3.05) is 26.3 Å². The molecule has 0 radical (unpaired) electrons. The van der Waals surface area contributed by atoms with Crippen LogP contribution in [0.4, 0.5) is 4.79 Å². The molecule has 6 heteroatoms. The quantitative estimate of drug-likeness (QED) is 0.737. The average Bonchev–Trinajstić information content (AvgIpc) is 2.40. The molecule has 1 rings (SSSR count). The van der Waals surface area contributed by atoms with Crippen molar-refractivity contribution in [3.05, 3.63) is 41.1 Å². The van der Waals surface area contributed by atoms with Gasteiger partial charge in [-0.25, -0.2) is 4.79 Å². The number of halogens is 1. The minimum atomic E-state index is -0.383. The molecule has 104 valence electrons. The van der Waals surface area contributed by atoms with Crippen molar-refractivity contribution in [3.8, 4) is 0 Å². The van der Waals surface area contributed by atoms with Crippen LogP contribution in [-0.2, 0) is 0 Å². The maximum absolute atomic E-state index is 11.7. The van der Waals surface area contributed by atoms with Gasteiger partial charge in [0.05, 0.1) is 13.2 Å². The van der Waals surface area contributed by atoms with Crippen LogP contribution in [0.2, 0.25) is 5.02 Å². The highest BCUT2D eigenvalue weighted by molar-refractivity contribution is 6.32. The maximum Gasteiger partial charge on any atom is 0.321 e. The first-order valence-corrected chi connectivity index (χ1v) is 6.25. The summed E-state index contributed by atoms with van der Waals surface area (Å²) < 4.78 is 0. The van der Waals surface area contributed by atoms with E-state index in [1.54, 1.807) is 12.1 Å². The molecule has 0 heterocycles. The largest absolute Gasteiger partial charge is 0.395 e. The molecule has 0 bridgehead atoms. The lowest BCUT2D eigenvalue weighted by Gasteiger charge is -2.19. The monoisotopic (exact) mass is 284 g/mol. The van der Waals surface area contributed by atoms with Gasteiger partial charge in [-0.15, -0.1) is 0 Å². The average molecular weight is 285 g/mol. The molecule has 0 atom stereocenters. The fourth-order valence-corrected chi connectivity index (χ4v) is 1.66. The summed E-state index contributed by atoms with van der Waals surface area (Å²) in [6.07, 6.45) is 3.15. The first-order chi connectivity index (χ1) is 9.19. The molecule has 0 unspecified atom stereocenters. The van der Waals surface area contributed by atoms with Crippen LogP contribution in [0.5, 0.6) is 0 Å². The molecule has 0 aromatic heterocycles. The molecule has 0 aliphatic carbocycles. The smallest absolute Gasteiger partial charge is 0.321 e. The van der Waals surface area contributed by atoms with Crippen LogP contribution in [-0.4, -0.2) is 47.4 Å². The van der Waals surface area contributed by atoms with E-state index in [9.17, 15) is 4.79 Å². The number of nitrogens with zero attached hydrogens (tertiary/aromatic N) is 1. The molecule has 3 N–H and O–H groups in total. The summed E-state index contributed by atoms with van der Waals surface area (Å²) in [7, 11) is 0. The summed E-state index contributed by atoms with van der Waals surface area (Å²) in [5.74, 6) is 0. The van der Waals surface area contributed by atoms with E-state index in [2.05, 4.69) is 5.32 Å². The van der Waals surface area contributed by atoms with Crippen molar-refractivity contribution < 1.29 is 15.0 Å². The lowest BCUT2D eigenvalue weighted by atomic mass is 10.2. The Morgan fingerprint density at radius 2 is 1.89 bits per heavy atom. The van der Waals surface area contributed by atoms with Gasteiger partial charge >= 0.3 is 6.03 Å². The van der Waals surface area contributed by atoms with Gasteiger partial charge in [0.1, 0.15) is 0 Å². The highest BCUT2D eigenvalue weighted by atomic mass is 35.5. The van der Waals surface area contributed by atoms with E-state index in [0.29, 0.717) is 5.02 Å². The number of hydrogen-bond donors (Lipinski definition) is 3. The van der Waals surface area contributed by atoms with Gasteiger partial charge in [-0.2, -0.15) is 0 Å². The van der Waals surface area contributed by atoms with Crippen molar-refractivity contribution in [2.45, 2.75) is 0 Å². The van der Waals surface area contributed by atoms with Crippen LogP contribution >= 0.6 is 11.6 Å². The fourth-order valence-electron chi connectivity index (χ4n) is 1.46. The van der Waals surface area contributed by atoms with Crippen molar-refractivity contribution in [1.82, 2.24) is 10.2 Å². The Labute approximate surface area is 117 Å². The van der Waals surface area contributed by atoms with Gasteiger partial charge in [0.15, 0.2) is 0 Å². The Kier molecular flexibility index (Phi) is 6.95. The number of amides is 2. The van der Waals surface area contributed by atoms with E-state index in [1.165, 1.54) is 11.1 Å². The summed E-state index contributed by atoms with van der Waals surface area (Å²) in [6.45, 7) is 0.0436. The summed E-state index contributed by atoms with van der Waals surface area (Å²) in [6, 6.07) is 6.86. The van der Waals surface area contributed by atoms with Crippen molar-refractivity contribution >= 4 is 23.7 Å². The number of nitrogens with one attached hydrogen (secondary N) is 1. The van der Waals surface area contributed by atoms with E-state index in [-0.39, 0.29) is 32.3 Å². The molecule has 0 fully saturated rings. The van der Waals surface area contributed by atoms with Crippen LogP contribution in [0.1, 0.15) is 5.56 Å². The van der Waals surface area contributed by atoms with Gasteiger partial charge in [0, 0.05) is 24.3 Å². The zero-order chi connectivity index (χ0) is 14.1. The third-order valence-corrected chi connectivity index (χ3v) is 2.75. The number of rotatable bonds is 6. The Hall–Kier alpha value is -1.56. The summed E-state index contributed by atoms with van der Waals surface area (Å²) in [4.78, 5) is 13.0. The molecule has 0 aliphatic rings. The van der Waals surface area contributed by atoms with Crippen LogP contribution in [0.25, 0.3) is 6.08 Å². The minimum Gasteiger partial charge on any atom is -0.395 e. The van der Waals surface area contributed by atoms with Gasteiger partial charge in [0.2, 0.25) is 0 Å². The first-order valence-electron chi connectivity index (χ1n) is 5.87. The second-order valence-corrected chi connectivity index (χ2v) is 4.15. The summed E-state index contributed by atoms with van der Waals surface area (Å²) >= 11 is 5.96. The number of urea groups is 1. The van der Waals surface area contributed by atoms with Crippen molar-refractivity contribution in [1.29, 1.82) is 0 Å². The van der Waals surface area contributed by atoms with Gasteiger partial charge in [-0.3, -0.25) is 0 Å². The highest BCUT2D eigenvalue weighted by Crippen LogP contribution is 2.15. The molecule has 2 amide bonds. The number of carbonyl (C=O) groups excluding carboxylic acids is 1. The van der Waals surface area contributed by atoms with Crippen LogP contribution in [0.15, 0.2) is 30.5 Å². The Morgan fingerprint density at radius 3 is 2.47 bits per heavy atom. The number of hydrogen-bond acceptors (Lipinski definition) is 3. The lowest BCUT2D eigenvalue weighted by Crippen LogP contribution is -2.41. The van der Waals surface area contributed by atoms with Gasteiger partial charge < -0.3 is 20.4 Å². The van der Waals surface area contributed by atoms with Gasteiger partial charge in [-0.1, -0.05) is 29.8 Å². The molecule has 19 heavy (non-hydrogen) atoms. The predicted molar refractivity (Wildman–Crippen MR) is 74.8 cm³/mol. The van der Waals surface area contributed by atoms with Crippen LogP contribution in [0, 0.1) is 0 Å². The molecule has 0 spiro atoms. The third kappa shape index (κ3) is 5.30.